The van der Waals surface area contributed by atoms with Gasteiger partial charge in [0.25, 0.3) is 0 Å². The highest BCUT2D eigenvalue weighted by molar-refractivity contribution is 14.0. The second-order valence-corrected chi connectivity index (χ2v) is 8.66. The van der Waals surface area contributed by atoms with E-state index in [1.807, 2.05) is 25.0 Å². The molecule has 8 heteroatoms. The summed E-state index contributed by atoms with van der Waals surface area (Å²) in [4.78, 5) is 9.75. The van der Waals surface area contributed by atoms with Crippen molar-refractivity contribution in [3.63, 3.8) is 0 Å². The molecule has 1 atom stereocenters. The van der Waals surface area contributed by atoms with E-state index in [1.165, 1.54) is 44.1 Å². The Morgan fingerprint density at radius 3 is 2.66 bits per heavy atom. The lowest BCUT2D eigenvalue weighted by molar-refractivity contribution is -0.0354. The van der Waals surface area contributed by atoms with Gasteiger partial charge in [0.05, 0.1) is 19.4 Å². The van der Waals surface area contributed by atoms with Crippen LogP contribution < -0.4 is 5.32 Å². The van der Waals surface area contributed by atoms with E-state index < -0.39 is 0 Å². The van der Waals surface area contributed by atoms with Gasteiger partial charge in [-0.1, -0.05) is 19.3 Å². The first kappa shape index (κ1) is 22.8. The molecule has 3 fully saturated rings. The van der Waals surface area contributed by atoms with Crippen LogP contribution in [0.2, 0.25) is 0 Å². The first-order chi connectivity index (χ1) is 13.7. The molecule has 0 radical (unpaired) electrons. The molecule has 0 spiro atoms. The Morgan fingerprint density at radius 1 is 1.24 bits per heavy atom. The molecule has 3 heterocycles. The zero-order valence-corrected chi connectivity index (χ0v) is 20.3. The van der Waals surface area contributed by atoms with Crippen LogP contribution in [0.25, 0.3) is 0 Å². The number of rotatable bonds is 4. The van der Waals surface area contributed by atoms with Crippen molar-refractivity contribution in [1.82, 2.24) is 24.9 Å². The van der Waals surface area contributed by atoms with Crippen LogP contribution in [0.1, 0.15) is 50.0 Å². The maximum Gasteiger partial charge on any atom is 0.193 e. The lowest BCUT2D eigenvalue weighted by Crippen LogP contribution is -2.60. The fraction of sp³-hybridized carbons (Fsp3) is 0.810. The van der Waals surface area contributed by atoms with Crippen LogP contribution in [0, 0.1) is 0 Å². The first-order valence-corrected chi connectivity index (χ1v) is 11.0. The molecule has 1 aromatic rings. The Kier molecular flexibility index (Phi) is 8.21. The third-order valence-electron chi connectivity index (χ3n) is 6.94. The minimum atomic E-state index is 0. The molecule has 1 saturated carbocycles. The van der Waals surface area contributed by atoms with Crippen molar-refractivity contribution in [3.05, 3.63) is 18.0 Å². The Labute approximate surface area is 192 Å². The van der Waals surface area contributed by atoms with Gasteiger partial charge in [0, 0.05) is 64.5 Å². The van der Waals surface area contributed by atoms with Gasteiger partial charge >= 0.3 is 0 Å². The summed E-state index contributed by atoms with van der Waals surface area (Å²) in [6.07, 6.45) is 12.0. The van der Waals surface area contributed by atoms with Crippen molar-refractivity contribution < 1.29 is 4.74 Å². The van der Waals surface area contributed by atoms with Crippen LogP contribution in [0.3, 0.4) is 0 Å². The van der Waals surface area contributed by atoms with Gasteiger partial charge in [-0.15, -0.1) is 24.0 Å². The average Bonchev–Trinajstić information content (AvgIpc) is 3.39. The molecule has 3 aliphatic rings. The van der Waals surface area contributed by atoms with Crippen molar-refractivity contribution in [2.45, 2.75) is 50.0 Å². The van der Waals surface area contributed by atoms with Crippen molar-refractivity contribution in [2.75, 3.05) is 53.0 Å². The number of halogens is 1. The normalized spacial score (nSPS) is 25.7. The molecule has 0 bridgehead atoms. The number of likely N-dealkylation sites (tertiary alicyclic amines) is 1. The predicted octanol–water partition coefficient (Wildman–Crippen LogP) is 2.44. The largest absolute Gasteiger partial charge is 0.379 e. The molecule has 7 nitrogen and oxygen atoms in total. The van der Waals surface area contributed by atoms with E-state index in [-0.39, 0.29) is 29.5 Å². The molecule has 29 heavy (non-hydrogen) atoms. The van der Waals surface area contributed by atoms with E-state index in [1.54, 1.807) is 0 Å². The number of aliphatic imine (C=N–C) groups is 1. The maximum atomic E-state index is 5.62. The summed E-state index contributed by atoms with van der Waals surface area (Å²) in [5.74, 6) is 1.61. The summed E-state index contributed by atoms with van der Waals surface area (Å²) in [7, 11) is 3.91. The molecular formula is C21H37IN6O. The van der Waals surface area contributed by atoms with E-state index >= 15 is 0 Å². The minimum absolute atomic E-state index is 0. The number of hydrogen-bond donors (Lipinski definition) is 1. The van der Waals surface area contributed by atoms with Crippen molar-refractivity contribution in [1.29, 1.82) is 0 Å². The van der Waals surface area contributed by atoms with Gasteiger partial charge in [-0.05, 0) is 24.8 Å². The summed E-state index contributed by atoms with van der Waals surface area (Å²) in [6.45, 7) is 6.94. The summed E-state index contributed by atoms with van der Waals surface area (Å²) in [5, 5.41) is 8.12. The second kappa shape index (κ2) is 10.4. The molecule has 2 aliphatic heterocycles. The number of nitrogens with one attached hydrogen (secondary N) is 1. The van der Waals surface area contributed by atoms with Gasteiger partial charge in [-0.2, -0.15) is 5.10 Å². The van der Waals surface area contributed by atoms with Crippen molar-refractivity contribution in [3.8, 4) is 0 Å². The molecule has 1 aromatic heterocycles. The predicted molar refractivity (Wildman–Crippen MR) is 127 cm³/mol. The second-order valence-electron chi connectivity index (χ2n) is 8.66. The number of guanidine groups is 1. The molecule has 0 aromatic carbocycles. The summed E-state index contributed by atoms with van der Waals surface area (Å²) in [5.41, 5.74) is 1.61. The Bertz CT molecular complexity index is 666. The van der Waals surface area contributed by atoms with E-state index in [9.17, 15) is 0 Å². The first-order valence-electron chi connectivity index (χ1n) is 11.0. The highest BCUT2D eigenvalue weighted by Crippen LogP contribution is 2.34. The van der Waals surface area contributed by atoms with Gasteiger partial charge in [-0.25, -0.2) is 0 Å². The topological polar surface area (TPSA) is 57.9 Å². The average molecular weight is 516 g/mol. The number of nitrogens with zero attached hydrogens (tertiary/aromatic N) is 5. The Morgan fingerprint density at radius 2 is 2.00 bits per heavy atom. The van der Waals surface area contributed by atoms with Gasteiger partial charge in [-0.3, -0.25) is 14.6 Å². The Balaban J connectivity index is 0.00000240. The van der Waals surface area contributed by atoms with E-state index in [4.69, 9.17) is 4.74 Å². The highest BCUT2D eigenvalue weighted by Gasteiger charge is 2.39. The molecule has 164 valence electrons. The fourth-order valence-corrected chi connectivity index (χ4v) is 5.30. The molecule has 2 saturated heterocycles. The molecule has 4 rings (SSSR count). The lowest BCUT2D eigenvalue weighted by atomic mass is 9.80. The lowest BCUT2D eigenvalue weighted by Gasteiger charge is -2.48. The fourth-order valence-electron chi connectivity index (χ4n) is 5.30. The Hall–Kier alpha value is -0.870. The van der Waals surface area contributed by atoms with Gasteiger partial charge < -0.3 is 15.0 Å². The zero-order chi connectivity index (χ0) is 19.4. The number of aromatic nitrogens is 2. The third-order valence-corrected chi connectivity index (χ3v) is 6.94. The molecule has 0 amide bonds. The van der Waals surface area contributed by atoms with Crippen LogP contribution >= 0.6 is 24.0 Å². The number of aryl methyl sites for hydroxylation is 1. The van der Waals surface area contributed by atoms with Crippen LogP contribution in [0.4, 0.5) is 0 Å². The number of morpholine rings is 1. The van der Waals surface area contributed by atoms with Crippen LogP contribution in [-0.2, 0) is 11.8 Å². The third kappa shape index (κ3) is 5.25. The molecule has 1 aliphatic carbocycles. The summed E-state index contributed by atoms with van der Waals surface area (Å²) in [6, 6.07) is 0. The van der Waals surface area contributed by atoms with E-state index in [0.29, 0.717) is 5.92 Å². The molecule has 1 N–H and O–H groups in total. The van der Waals surface area contributed by atoms with Crippen LogP contribution in [0.5, 0.6) is 0 Å². The van der Waals surface area contributed by atoms with Crippen LogP contribution in [0.15, 0.2) is 17.4 Å². The quantitative estimate of drug-likeness (QED) is 0.379. The smallest absolute Gasteiger partial charge is 0.193 e. The van der Waals surface area contributed by atoms with Crippen molar-refractivity contribution in [2.24, 2.45) is 12.0 Å². The summed E-state index contributed by atoms with van der Waals surface area (Å²) < 4.78 is 7.52. The van der Waals surface area contributed by atoms with Gasteiger partial charge in [0.15, 0.2) is 5.96 Å². The zero-order valence-electron chi connectivity index (χ0n) is 18.0. The SMILES string of the molecule is CN=C(NCC1(N2CCOCC2)CCCCC1)N1CCC(c2cnn(C)c2)C1.I. The van der Waals surface area contributed by atoms with Crippen LogP contribution in [-0.4, -0.2) is 84.1 Å². The molecule has 1 unspecified atom stereocenters. The van der Waals surface area contributed by atoms with Gasteiger partial charge in [0.1, 0.15) is 0 Å². The summed E-state index contributed by atoms with van der Waals surface area (Å²) >= 11 is 0. The van der Waals surface area contributed by atoms with Crippen molar-refractivity contribution >= 4 is 29.9 Å². The minimum Gasteiger partial charge on any atom is -0.379 e. The van der Waals surface area contributed by atoms with Gasteiger partial charge in [0.2, 0.25) is 0 Å². The number of hydrogen-bond acceptors (Lipinski definition) is 4. The standard InChI is InChI=1S/C21H36N6O.HI/c1-22-20(26-9-6-18(16-26)19-14-24-25(2)15-19)23-17-21(7-4-3-5-8-21)27-10-12-28-13-11-27;/h14-15,18H,3-13,16-17H2,1-2H3,(H,22,23);1H. The van der Waals surface area contributed by atoms with E-state index in [0.717, 1.165) is 51.9 Å². The number of ether oxygens (including phenoxy) is 1. The van der Waals surface area contributed by atoms with E-state index in [2.05, 4.69) is 31.4 Å². The highest BCUT2D eigenvalue weighted by atomic mass is 127. The monoisotopic (exact) mass is 516 g/mol. The molecular weight excluding hydrogens is 479 g/mol. The maximum absolute atomic E-state index is 5.62.